The second-order valence-corrected chi connectivity index (χ2v) is 4.69. The van der Waals surface area contributed by atoms with Crippen molar-refractivity contribution in [2.24, 2.45) is 5.73 Å². The molecule has 20 heavy (non-hydrogen) atoms. The van der Waals surface area contributed by atoms with Crippen LogP contribution in [0.5, 0.6) is 17.2 Å². The Hall–Kier alpha value is -1.46. The molecule has 0 saturated heterocycles. The van der Waals surface area contributed by atoms with Crippen molar-refractivity contribution >= 4 is 0 Å². The summed E-state index contributed by atoms with van der Waals surface area (Å²) in [7, 11) is 6.91. The average Bonchev–Trinajstić information content (AvgIpc) is 2.47. The third-order valence-corrected chi connectivity index (χ3v) is 3.40. The lowest BCUT2D eigenvalue weighted by atomic mass is 10.0. The van der Waals surface area contributed by atoms with Crippen LogP contribution in [0.2, 0.25) is 0 Å². The molecule has 0 bridgehead atoms. The maximum Gasteiger partial charge on any atom is 0.203 e. The first-order valence-electron chi connectivity index (χ1n) is 6.83. The molecular formula is C15H26N2O3. The van der Waals surface area contributed by atoms with Crippen molar-refractivity contribution in [2.75, 3.05) is 41.5 Å². The van der Waals surface area contributed by atoms with Gasteiger partial charge in [-0.2, -0.15) is 0 Å². The van der Waals surface area contributed by atoms with Gasteiger partial charge < -0.3 is 19.9 Å². The molecule has 1 atom stereocenters. The Morgan fingerprint density at radius 3 is 2.00 bits per heavy atom. The van der Waals surface area contributed by atoms with Gasteiger partial charge in [-0.25, -0.2) is 0 Å². The lowest BCUT2D eigenvalue weighted by Gasteiger charge is -2.28. The second kappa shape index (κ2) is 7.97. The van der Waals surface area contributed by atoms with Crippen LogP contribution in [0.25, 0.3) is 0 Å². The van der Waals surface area contributed by atoms with Crippen molar-refractivity contribution in [3.63, 3.8) is 0 Å². The van der Waals surface area contributed by atoms with Gasteiger partial charge in [0.15, 0.2) is 11.5 Å². The van der Waals surface area contributed by atoms with E-state index in [1.54, 1.807) is 21.3 Å². The van der Waals surface area contributed by atoms with E-state index in [4.69, 9.17) is 19.9 Å². The molecule has 5 nitrogen and oxygen atoms in total. The zero-order chi connectivity index (χ0) is 15.1. The molecule has 0 aliphatic carbocycles. The smallest absolute Gasteiger partial charge is 0.203 e. The first-order chi connectivity index (χ1) is 9.62. The van der Waals surface area contributed by atoms with Gasteiger partial charge in [0.2, 0.25) is 5.75 Å². The second-order valence-electron chi connectivity index (χ2n) is 4.69. The molecule has 0 aromatic heterocycles. The summed E-state index contributed by atoms with van der Waals surface area (Å²) in [6.45, 7) is 3.67. The Balaban J connectivity index is 3.22. The number of nitrogens with zero attached hydrogens (tertiary/aromatic N) is 1. The van der Waals surface area contributed by atoms with E-state index in [2.05, 4.69) is 18.9 Å². The third kappa shape index (κ3) is 3.55. The van der Waals surface area contributed by atoms with Gasteiger partial charge in [-0.05, 0) is 37.7 Å². The molecule has 1 aromatic rings. The molecular weight excluding hydrogens is 256 g/mol. The van der Waals surface area contributed by atoms with E-state index in [1.807, 2.05) is 12.1 Å². The Kier molecular flexibility index (Phi) is 6.61. The van der Waals surface area contributed by atoms with Crippen LogP contribution >= 0.6 is 0 Å². The number of rotatable bonds is 8. The van der Waals surface area contributed by atoms with E-state index in [0.717, 1.165) is 18.5 Å². The molecule has 0 amide bonds. The summed E-state index contributed by atoms with van der Waals surface area (Å²) in [4.78, 5) is 2.24. The zero-order valence-electron chi connectivity index (χ0n) is 13.1. The highest BCUT2D eigenvalue weighted by Crippen LogP contribution is 2.40. The molecule has 0 heterocycles. The number of benzene rings is 1. The van der Waals surface area contributed by atoms with Crippen LogP contribution in [0, 0.1) is 0 Å². The molecule has 0 spiro atoms. The van der Waals surface area contributed by atoms with Crippen molar-refractivity contribution in [2.45, 2.75) is 19.4 Å². The number of hydrogen-bond donors (Lipinski definition) is 1. The van der Waals surface area contributed by atoms with E-state index in [9.17, 15) is 0 Å². The summed E-state index contributed by atoms with van der Waals surface area (Å²) in [6, 6.07) is 4.06. The molecule has 1 unspecified atom stereocenters. The normalized spacial score (nSPS) is 12.3. The Labute approximate surface area is 121 Å². The largest absolute Gasteiger partial charge is 0.493 e. The van der Waals surface area contributed by atoms with Gasteiger partial charge >= 0.3 is 0 Å². The summed E-state index contributed by atoms with van der Waals surface area (Å²) in [6.07, 6.45) is 1.08. The number of methoxy groups -OCH3 is 3. The highest BCUT2D eigenvalue weighted by atomic mass is 16.5. The number of ether oxygens (including phenoxy) is 3. The number of likely N-dealkylation sites (N-methyl/N-ethyl adjacent to an activating group) is 1. The fourth-order valence-electron chi connectivity index (χ4n) is 2.37. The lowest BCUT2D eigenvalue weighted by molar-refractivity contribution is 0.248. The monoisotopic (exact) mass is 282 g/mol. The quantitative estimate of drug-likeness (QED) is 0.791. The molecule has 0 aliphatic rings. The van der Waals surface area contributed by atoms with Gasteiger partial charge in [-0.15, -0.1) is 0 Å². The molecule has 0 saturated carbocycles. The van der Waals surface area contributed by atoms with Crippen molar-refractivity contribution in [1.82, 2.24) is 4.90 Å². The van der Waals surface area contributed by atoms with Crippen LogP contribution in [0.4, 0.5) is 0 Å². The van der Waals surface area contributed by atoms with Crippen LogP contribution in [0.15, 0.2) is 12.1 Å². The van der Waals surface area contributed by atoms with Gasteiger partial charge in [0.05, 0.1) is 21.3 Å². The van der Waals surface area contributed by atoms with Gasteiger partial charge in [-0.3, -0.25) is 4.90 Å². The van der Waals surface area contributed by atoms with E-state index in [-0.39, 0.29) is 6.04 Å². The predicted octanol–water partition coefficient (Wildman–Crippen LogP) is 2.05. The maximum atomic E-state index is 5.94. The van der Waals surface area contributed by atoms with Gasteiger partial charge in [-0.1, -0.05) is 6.92 Å². The van der Waals surface area contributed by atoms with Gasteiger partial charge in [0, 0.05) is 12.6 Å². The summed E-state index contributed by atoms with van der Waals surface area (Å²) >= 11 is 0. The van der Waals surface area contributed by atoms with E-state index < -0.39 is 0 Å². The Morgan fingerprint density at radius 1 is 1.10 bits per heavy atom. The molecule has 5 heteroatoms. The highest BCUT2D eigenvalue weighted by molar-refractivity contribution is 5.54. The van der Waals surface area contributed by atoms with Crippen LogP contribution < -0.4 is 19.9 Å². The van der Waals surface area contributed by atoms with Crippen molar-refractivity contribution in [3.05, 3.63) is 17.7 Å². The summed E-state index contributed by atoms with van der Waals surface area (Å²) in [5, 5.41) is 0. The molecule has 1 aromatic carbocycles. The van der Waals surface area contributed by atoms with Gasteiger partial charge in [0.1, 0.15) is 0 Å². The van der Waals surface area contributed by atoms with Crippen LogP contribution in [-0.4, -0.2) is 46.4 Å². The summed E-state index contributed by atoms with van der Waals surface area (Å²) in [5.74, 6) is 1.92. The fourth-order valence-corrected chi connectivity index (χ4v) is 2.37. The Bertz CT molecular complexity index is 399. The minimum atomic E-state index is 0.128. The molecule has 1 rings (SSSR count). The molecule has 0 radical (unpaired) electrons. The number of nitrogens with two attached hydrogens (primary N) is 1. The minimum absolute atomic E-state index is 0.128. The summed E-state index contributed by atoms with van der Waals surface area (Å²) < 4.78 is 16.1. The Morgan fingerprint density at radius 2 is 1.65 bits per heavy atom. The zero-order valence-corrected chi connectivity index (χ0v) is 13.1. The fraction of sp³-hybridized carbons (Fsp3) is 0.600. The van der Waals surface area contributed by atoms with Crippen LogP contribution in [-0.2, 0) is 0 Å². The standard InChI is InChI=1S/C15H26N2O3/c1-6-7-17(2)12(10-16)11-8-13(18-3)15(20-5)14(9-11)19-4/h8-9,12H,6-7,10,16H2,1-5H3. The molecule has 114 valence electrons. The first kappa shape index (κ1) is 16.6. The SMILES string of the molecule is CCCN(C)C(CN)c1cc(OC)c(OC)c(OC)c1. The highest BCUT2D eigenvalue weighted by Gasteiger charge is 2.20. The topological polar surface area (TPSA) is 57.0 Å². The molecule has 0 fully saturated rings. The predicted molar refractivity (Wildman–Crippen MR) is 80.8 cm³/mol. The van der Waals surface area contributed by atoms with Crippen molar-refractivity contribution in [1.29, 1.82) is 0 Å². The lowest BCUT2D eigenvalue weighted by Crippen LogP contribution is -2.31. The first-order valence-corrected chi connectivity index (χ1v) is 6.83. The third-order valence-electron chi connectivity index (χ3n) is 3.40. The molecule has 0 aliphatic heterocycles. The summed E-state index contributed by atoms with van der Waals surface area (Å²) in [5.41, 5.74) is 7.00. The van der Waals surface area contributed by atoms with E-state index in [1.165, 1.54) is 0 Å². The van der Waals surface area contributed by atoms with E-state index in [0.29, 0.717) is 23.8 Å². The number of hydrogen-bond acceptors (Lipinski definition) is 5. The van der Waals surface area contributed by atoms with Crippen molar-refractivity contribution < 1.29 is 14.2 Å². The van der Waals surface area contributed by atoms with Crippen LogP contribution in [0.1, 0.15) is 24.9 Å². The molecule has 2 N–H and O–H groups in total. The minimum Gasteiger partial charge on any atom is -0.493 e. The average molecular weight is 282 g/mol. The van der Waals surface area contributed by atoms with E-state index >= 15 is 0 Å². The maximum absolute atomic E-state index is 5.94. The van der Waals surface area contributed by atoms with Crippen molar-refractivity contribution in [3.8, 4) is 17.2 Å². The van der Waals surface area contributed by atoms with Crippen LogP contribution in [0.3, 0.4) is 0 Å². The van der Waals surface area contributed by atoms with Gasteiger partial charge in [0.25, 0.3) is 0 Å².